The molecule has 1 aromatic rings. The average Bonchev–Trinajstić information content (AvgIpc) is 2.81. The van der Waals surface area contributed by atoms with Crippen molar-refractivity contribution >= 4 is 6.03 Å². The van der Waals surface area contributed by atoms with Crippen LogP contribution < -0.4 is 5.32 Å². The third-order valence-corrected chi connectivity index (χ3v) is 3.71. The number of amides is 2. The quantitative estimate of drug-likeness (QED) is 0.911. The van der Waals surface area contributed by atoms with Gasteiger partial charge in [-0.1, -0.05) is 20.8 Å². The Morgan fingerprint density at radius 3 is 2.61 bits per heavy atom. The lowest BCUT2D eigenvalue weighted by Crippen LogP contribution is -2.54. The normalized spacial score (nSPS) is 19.7. The van der Waals surface area contributed by atoms with Crippen LogP contribution in [0.15, 0.2) is 0 Å². The van der Waals surface area contributed by atoms with Crippen molar-refractivity contribution in [2.24, 2.45) is 12.5 Å². The van der Waals surface area contributed by atoms with Crippen molar-refractivity contribution in [3.8, 4) is 0 Å². The van der Waals surface area contributed by atoms with Crippen LogP contribution >= 0.6 is 0 Å². The van der Waals surface area contributed by atoms with Crippen molar-refractivity contribution in [3.05, 3.63) is 5.82 Å². The number of hydrogen-bond donors (Lipinski definition) is 1. The molecule has 1 fully saturated rings. The van der Waals surface area contributed by atoms with Crippen molar-refractivity contribution in [1.82, 2.24) is 30.4 Å². The van der Waals surface area contributed by atoms with Crippen molar-refractivity contribution < 1.29 is 9.53 Å². The maximum absolute atomic E-state index is 12.6. The molecule has 1 aliphatic rings. The predicted octanol–water partition coefficient (Wildman–Crippen LogP) is 1.51. The fourth-order valence-corrected chi connectivity index (χ4v) is 3.24. The van der Waals surface area contributed by atoms with Crippen molar-refractivity contribution in [2.45, 2.75) is 52.7 Å². The van der Waals surface area contributed by atoms with Gasteiger partial charge in [-0.05, 0) is 36.1 Å². The van der Waals surface area contributed by atoms with Gasteiger partial charge in [0.05, 0.1) is 13.2 Å². The molecule has 8 heteroatoms. The molecule has 1 aliphatic heterocycles. The van der Waals surface area contributed by atoms with Gasteiger partial charge in [0.25, 0.3) is 0 Å². The molecular weight excluding hydrogens is 296 g/mol. The van der Waals surface area contributed by atoms with E-state index in [2.05, 4.69) is 55.5 Å². The first-order valence-electron chi connectivity index (χ1n) is 7.98. The van der Waals surface area contributed by atoms with Crippen molar-refractivity contribution in [1.29, 1.82) is 0 Å². The van der Waals surface area contributed by atoms with E-state index >= 15 is 0 Å². The molecule has 0 aliphatic carbocycles. The Hall–Kier alpha value is -1.70. The number of carbonyl (C=O) groups excluding carboxylic acids is 1. The molecule has 0 radical (unpaired) electrons. The summed E-state index contributed by atoms with van der Waals surface area (Å²) in [6.07, 6.45) is 0.604. The molecule has 1 unspecified atom stereocenters. The number of hydrogen-bond acceptors (Lipinski definition) is 5. The van der Waals surface area contributed by atoms with Crippen molar-refractivity contribution in [2.75, 3.05) is 19.7 Å². The second-order valence-electron chi connectivity index (χ2n) is 8.02. The Morgan fingerprint density at radius 2 is 2.04 bits per heavy atom. The lowest BCUT2D eigenvalue weighted by molar-refractivity contribution is -0.0228. The summed E-state index contributed by atoms with van der Waals surface area (Å²) in [4.78, 5) is 14.4. The third kappa shape index (κ3) is 4.89. The second kappa shape index (κ2) is 6.43. The first-order valence-corrected chi connectivity index (χ1v) is 7.98. The van der Waals surface area contributed by atoms with Gasteiger partial charge in [-0.15, -0.1) is 5.10 Å². The van der Waals surface area contributed by atoms with Crippen LogP contribution in [0.25, 0.3) is 0 Å². The monoisotopic (exact) mass is 324 g/mol. The minimum absolute atomic E-state index is 0.0670. The number of ether oxygens (including phenoxy) is 1. The zero-order valence-corrected chi connectivity index (χ0v) is 15.0. The molecule has 0 aromatic carbocycles. The van der Waals surface area contributed by atoms with Gasteiger partial charge in [-0.3, -0.25) is 0 Å². The van der Waals surface area contributed by atoms with Crippen LogP contribution in [0.1, 0.15) is 53.0 Å². The highest BCUT2D eigenvalue weighted by molar-refractivity contribution is 5.75. The Labute approximate surface area is 137 Å². The predicted molar refractivity (Wildman–Crippen MR) is 85.7 cm³/mol. The summed E-state index contributed by atoms with van der Waals surface area (Å²) < 4.78 is 7.29. The van der Waals surface area contributed by atoms with E-state index in [1.807, 2.05) is 0 Å². The molecule has 0 bridgehead atoms. The summed E-state index contributed by atoms with van der Waals surface area (Å²) in [5.74, 6) is 0.636. The summed E-state index contributed by atoms with van der Waals surface area (Å²) in [5.41, 5.74) is -0.121. The number of aryl methyl sites for hydroxylation is 1. The molecule has 1 atom stereocenters. The summed E-state index contributed by atoms with van der Waals surface area (Å²) in [5, 5.41) is 14.6. The summed E-state index contributed by atoms with van der Waals surface area (Å²) in [7, 11) is 1.77. The Morgan fingerprint density at radius 1 is 1.35 bits per heavy atom. The third-order valence-electron chi connectivity index (χ3n) is 3.71. The summed E-state index contributed by atoms with van der Waals surface area (Å²) >= 11 is 0. The van der Waals surface area contributed by atoms with Gasteiger partial charge in [-0.25, -0.2) is 9.48 Å². The molecule has 1 saturated heterocycles. The molecule has 2 heterocycles. The van der Waals surface area contributed by atoms with Gasteiger partial charge in [0.1, 0.15) is 6.10 Å². The van der Waals surface area contributed by atoms with E-state index in [4.69, 9.17) is 4.74 Å². The standard InChI is InChI=1S/C15H28N6O2/c1-14(2,3)10-15(4,5)16-13(22)21-7-8-23-11(9-21)12-17-18-19-20(12)6/h11H,7-10H2,1-6H3,(H,16,22). The summed E-state index contributed by atoms with van der Waals surface area (Å²) in [6, 6.07) is -0.0670. The van der Waals surface area contributed by atoms with Crippen LogP contribution in [-0.4, -0.2) is 56.4 Å². The van der Waals surface area contributed by atoms with Gasteiger partial charge in [0.15, 0.2) is 5.82 Å². The Balaban J connectivity index is 1.98. The maximum Gasteiger partial charge on any atom is 0.317 e. The highest BCUT2D eigenvalue weighted by atomic mass is 16.5. The lowest BCUT2D eigenvalue weighted by atomic mass is 9.82. The van der Waals surface area contributed by atoms with Crippen LogP contribution in [0.5, 0.6) is 0 Å². The van der Waals surface area contributed by atoms with E-state index in [1.54, 1.807) is 16.6 Å². The minimum Gasteiger partial charge on any atom is -0.366 e. The van der Waals surface area contributed by atoms with Crippen LogP contribution in [0.2, 0.25) is 0 Å². The molecular formula is C15H28N6O2. The van der Waals surface area contributed by atoms with Gasteiger partial charge in [-0.2, -0.15) is 0 Å². The first-order chi connectivity index (χ1) is 10.6. The smallest absolute Gasteiger partial charge is 0.317 e. The highest BCUT2D eigenvalue weighted by Gasteiger charge is 2.32. The number of urea groups is 1. The largest absolute Gasteiger partial charge is 0.366 e. The number of nitrogens with zero attached hydrogens (tertiary/aromatic N) is 5. The fraction of sp³-hybridized carbons (Fsp3) is 0.867. The molecule has 1 aromatic heterocycles. The topological polar surface area (TPSA) is 85.2 Å². The van der Waals surface area contributed by atoms with Crippen LogP contribution in [0.4, 0.5) is 4.79 Å². The van der Waals surface area contributed by atoms with E-state index in [9.17, 15) is 4.79 Å². The van der Waals surface area contributed by atoms with E-state index in [1.165, 1.54) is 0 Å². The molecule has 0 saturated carbocycles. The molecule has 8 nitrogen and oxygen atoms in total. The SMILES string of the molecule is Cn1nnnc1C1CN(C(=O)NC(C)(C)CC(C)(C)C)CCO1. The number of carbonyl (C=O) groups is 1. The molecule has 23 heavy (non-hydrogen) atoms. The lowest BCUT2D eigenvalue weighted by Gasteiger charge is -2.37. The van der Waals surface area contributed by atoms with Crippen LogP contribution in [0.3, 0.4) is 0 Å². The van der Waals surface area contributed by atoms with Gasteiger partial charge in [0, 0.05) is 19.1 Å². The van der Waals surface area contributed by atoms with E-state index < -0.39 is 0 Å². The molecule has 2 rings (SSSR count). The molecule has 0 spiro atoms. The zero-order valence-electron chi connectivity index (χ0n) is 15.0. The highest BCUT2D eigenvalue weighted by Crippen LogP contribution is 2.27. The van der Waals surface area contributed by atoms with E-state index in [-0.39, 0.29) is 23.1 Å². The maximum atomic E-state index is 12.6. The minimum atomic E-state index is -0.291. The molecule has 2 amide bonds. The number of rotatable bonds is 3. The number of nitrogens with one attached hydrogen (secondary N) is 1. The van der Waals surface area contributed by atoms with Gasteiger partial charge < -0.3 is 15.0 Å². The average molecular weight is 324 g/mol. The number of aromatic nitrogens is 4. The van der Waals surface area contributed by atoms with Gasteiger partial charge >= 0.3 is 6.03 Å². The Kier molecular flexibility index (Phi) is 4.93. The van der Waals surface area contributed by atoms with Crippen molar-refractivity contribution in [3.63, 3.8) is 0 Å². The van der Waals surface area contributed by atoms with Crippen LogP contribution in [-0.2, 0) is 11.8 Å². The molecule has 1 N–H and O–H groups in total. The van der Waals surface area contributed by atoms with Gasteiger partial charge in [0.2, 0.25) is 0 Å². The fourth-order valence-electron chi connectivity index (χ4n) is 3.24. The van der Waals surface area contributed by atoms with E-state index in [0.29, 0.717) is 25.5 Å². The summed E-state index contributed by atoms with van der Waals surface area (Å²) in [6.45, 7) is 12.1. The molecule has 130 valence electrons. The Bertz CT molecular complexity index is 548. The number of morpholine rings is 1. The van der Waals surface area contributed by atoms with Crippen LogP contribution in [0, 0.1) is 5.41 Å². The first kappa shape index (κ1) is 17.7. The van der Waals surface area contributed by atoms with E-state index in [0.717, 1.165) is 6.42 Å². The number of tetrazole rings is 1. The second-order valence-corrected chi connectivity index (χ2v) is 8.02. The zero-order chi connectivity index (χ0) is 17.3.